The maximum atomic E-state index is 12.7. The second-order valence-electron chi connectivity index (χ2n) is 6.02. The average molecular weight is 426 g/mol. The zero-order valence-corrected chi connectivity index (χ0v) is 16.4. The lowest BCUT2D eigenvalue weighted by atomic mass is 10.3. The van der Waals surface area contributed by atoms with Gasteiger partial charge in [-0.1, -0.05) is 24.3 Å². The van der Waals surface area contributed by atoms with Crippen LogP contribution in [0.2, 0.25) is 0 Å². The van der Waals surface area contributed by atoms with E-state index in [0.717, 1.165) is 5.01 Å². The molecule has 0 heterocycles. The van der Waals surface area contributed by atoms with E-state index >= 15 is 0 Å². The van der Waals surface area contributed by atoms with Crippen LogP contribution in [0, 0.1) is 0 Å². The van der Waals surface area contributed by atoms with Crippen LogP contribution in [-0.4, -0.2) is 20.9 Å². The molecule has 9 nitrogen and oxygen atoms in total. The highest BCUT2D eigenvalue weighted by Gasteiger charge is 2.16. The van der Waals surface area contributed by atoms with Gasteiger partial charge in [-0.25, -0.2) is 19.1 Å². The van der Waals surface area contributed by atoms with Gasteiger partial charge in [-0.15, -0.1) is 0 Å². The van der Waals surface area contributed by atoms with E-state index in [0.29, 0.717) is 17.8 Å². The molecular weight excluding hydrogens is 408 g/mol. The van der Waals surface area contributed by atoms with Gasteiger partial charge in [-0.2, -0.15) is 0 Å². The molecule has 0 aliphatic carbocycles. The number of carbonyl (C=O) groups is 2. The Morgan fingerprint density at radius 1 is 0.933 bits per heavy atom. The summed E-state index contributed by atoms with van der Waals surface area (Å²) in [5.41, 5.74) is 0.926. The first kappa shape index (κ1) is 20.8. The fraction of sp³-hybridized carbons (Fsp3) is 0. The molecule has 0 saturated carbocycles. The largest absolute Gasteiger partial charge is 0.417 e. The second-order valence-corrected chi connectivity index (χ2v) is 7.70. The lowest BCUT2D eigenvalue weighted by Gasteiger charge is -2.13. The zero-order valence-electron chi connectivity index (χ0n) is 15.6. The summed E-state index contributed by atoms with van der Waals surface area (Å²) in [6.07, 6.45) is -0.318. The topological polar surface area (TPSA) is 131 Å². The second kappa shape index (κ2) is 9.07. The molecule has 0 spiro atoms. The van der Waals surface area contributed by atoms with Crippen LogP contribution in [0.15, 0.2) is 83.8 Å². The Hall–Kier alpha value is -3.89. The number of amides is 2. The number of nitrogens with zero attached hydrogens (tertiary/aromatic N) is 1. The van der Waals surface area contributed by atoms with E-state index in [1.807, 2.05) is 0 Å². The predicted molar refractivity (Wildman–Crippen MR) is 113 cm³/mol. The number of para-hydroxylation sites is 1. The molecule has 30 heavy (non-hydrogen) atoms. The smallest absolute Gasteiger partial charge is 0.410 e. The summed E-state index contributed by atoms with van der Waals surface area (Å²) < 4.78 is 32.9. The predicted octanol–water partition coefficient (Wildman–Crippen LogP) is 2.93. The van der Waals surface area contributed by atoms with Crippen molar-refractivity contribution < 1.29 is 22.7 Å². The van der Waals surface area contributed by atoms with Crippen molar-refractivity contribution in [2.75, 3.05) is 15.0 Å². The fourth-order valence-corrected chi connectivity index (χ4v) is 3.56. The van der Waals surface area contributed by atoms with Crippen LogP contribution in [0.25, 0.3) is 0 Å². The molecule has 4 N–H and O–H groups in total. The van der Waals surface area contributed by atoms with Gasteiger partial charge in [0.15, 0.2) is 0 Å². The zero-order chi connectivity index (χ0) is 21.6. The van der Waals surface area contributed by atoms with Crippen LogP contribution in [0.1, 0.15) is 0 Å². The molecule has 3 aromatic carbocycles. The molecule has 0 bridgehead atoms. The van der Waals surface area contributed by atoms with Crippen LogP contribution in [0.5, 0.6) is 5.75 Å². The van der Waals surface area contributed by atoms with Gasteiger partial charge in [0.2, 0.25) is 6.41 Å². The number of sulfonamides is 1. The number of hydrogen-bond acceptors (Lipinski definition) is 6. The van der Waals surface area contributed by atoms with Gasteiger partial charge in [0.25, 0.3) is 10.0 Å². The van der Waals surface area contributed by atoms with E-state index in [4.69, 9.17) is 10.6 Å². The van der Waals surface area contributed by atoms with Crippen molar-refractivity contribution in [3.63, 3.8) is 0 Å². The molecule has 0 unspecified atom stereocenters. The summed E-state index contributed by atoms with van der Waals surface area (Å²) in [5.74, 6) is 5.81. The third-order valence-corrected chi connectivity index (χ3v) is 5.25. The van der Waals surface area contributed by atoms with Gasteiger partial charge in [0, 0.05) is 11.4 Å². The van der Waals surface area contributed by atoms with Crippen LogP contribution in [-0.2, 0) is 14.8 Å². The van der Waals surface area contributed by atoms with Crippen molar-refractivity contribution in [3.8, 4) is 5.75 Å². The summed E-state index contributed by atoms with van der Waals surface area (Å²) >= 11 is 0. The number of hydrazine groups is 1. The molecular formula is C20H18N4O5S. The number of anilines is 3. The minimum absolute atomic E-state index is 0.0579. The molecule has 0 aliphatic heterocycles. The highest BCUT2D eigenvalue weighted by atomic mass is 32.2. The van der Waals surface area contributed by atoms with Crippen molar-refractivity contribution in [3.05, 3.63) is 78.9 Å². The molecule has 0 saturated heterocycles. The normalized spacial score (nSPS) is 10.7. The first-order valence-corrected chi connectivity index (χ1v) is 10.1. The van der Waals surface area contributed by atoms with Crippen molar-refractivity contribution in [2.24, 2.45) is 5.84 Å². The first-order valence-electron chi connectivity index (χ1n) is 8.63. The Kier molecular flexibility index (Phi) is 6.30. The molecule has 154 valence electrons. The standard InChI is InChI=1S/C20H18N4O5S/c21-24(14-25)17-11-9-15(10-12-17)23-30(27,28)19-8-4-5-16(13-19)22-20(26)29-18-6-2-1-3-7-18/h1-14,23H,21H2,(H,22,26). The van der Waals surface area contributed by atoms with Gasteiger partial charge in [-0.3, -0.25) is 19.8 Å². The fourth-order valence-electron chi connectivity index (χ4n) is 2.46. The van der Waals surface area contributed by atoms with Gasteiger partial charge in [-0.05, 0) is 54.6 Å². The minimum Gasteiger partial charge on any atom is -0.410 e. The summed E-state index contributed by atoms with van der Waals surface area (Å²) in [6, 6.07) is 20.1. The SMILES string of the molecule is NN(C=O)c1ccc(NS(=O)(=O)c2cccc(NC(=O)Oc3ccccc3)c2)cc1. The molecule has 0 aromatic heterocycles. The molecule has 0 radical (unpaired) electrons. The average Bonchev–Trinajstić information content (AvgIpc) is 2.74. The number of rotatable bonds is 7. The molecule has 0 atom stereocenters. The number of ether oxygens (including phenoxy) is 1. The highest BCUT2D eigenvalue weighted by Crippen LogP contribution is 2.21. The van der Waals surface area contributed by atoms with E-state index < -0.39 is 16.1 Å². The maximum Gasteiger partial charge on any atom is 0.417 e. The van der Waals surface area contributed by atoms with E-state index in [-0.39, 0.29) is 16.3 Å². The number of nitrogens with one attached hydrogen (secondary N) is 2. The van der Waals surface area contributed by atoms with Crippen LogP contribution in [0.4, 0.5) is 21.9 Å². The lowest BCUT2D eigenvalue weighted by molar-refractivity contribution is -0.107. The third kappa shape index (κ3) is 5.34. The molecule has 10 heteroatoms. The van der Waals surface area contributed by atoms with Crippen molar-refractivity contribution in [2.45, 2.75) is 4.90 Å². The monoisotopic (exact) mass is 426 g/mol. The maximum absolute atomic E-state index is 12.7. The molecule has 0 fully saturated rings. The number of benzene rings is 3. The van der Waals surface area contributed by atoms with Crippen LogP contribution >= 0.6 is 0 Å². The van der Waals surface area contributed by atoms with E-state index in [2.05, 4.69) is 10.0 Å². The Labute approximate surface area is 173 Å². The number of nitrogens with two attached hydrogens (primary N) is 1. The Balaban J connectivity index is 1.70. The summed E-state index contributed by atoms with van der Waals surface area (Å²) in [4.78, 5) is 22.6. The summed E-state index contributed by atoms with van der Waals surface area (Å²) in [5, 5.41) is 3.35. The minimum atomic E-state index is -3.93. The van der Waals surface area contributed by atoms with Crippen molar-refractivity contribution in [1.29, 1.82) is 0 Å². The van der Waals surface area contributed by atoms with E-state index in [1.54, 1.807) is 30.3 Å². The highest BCUT2D eigenvalue weighted by molar-refractivity contribution is 7.92. The lowest BCUT2D eigenvalue weighted by Crippen LogP contribution is -2.28. The van der Waals surface area contributed by atoms with Gasteiger partial charge in [0.05, 0.1) is 10.6 Å². The van der Waals surface area contributed by atoms with Gasteiger partial charge >= 0.3 is 6.09 Å². The molecule has 3 aromatic rings. The van der Waals surface area contributed by atoms with Gasteiger partial charge in [0.1, 0.15) is 5.75 Å². The Morgan fingerprint density at radius 2 is 1.63 bits per heavy atom. The van der Waals surface area contributed by atoms with E-state index in [9.17, 15) is 18.0 Å². The van der Waals surface area contributed by atoms with Crippen LogP contribution in [0.3, 0.4) is 0 Å². The number of carbonyl (C=O) groups excluding carboxylic acids is 2. The van der Waals surface area contributed by atoms with E-state index in [1.165, 1.54) is 48.5 Å². The summed E-state index contributed by atoms with van der Waals surface area (Å²) in [7, 11) is -3.93. The Bertz CT molecular complexity index is 1140. The molecule has 0 aliphatic rings. The third-order valence-electron chi connectivity index (χ3n) is 3.88. The van der Waals surface area contributed by atoms with Crippen LogP contribution < -0.4 is 25.6 Å². The molecule has 3 rings (SSSR count). The van der Waals surface area contributed by atoms with Crippen molar-refractivity contribution in [1.82, 2.24) is 0 Å². The first-order chi connectivity index (χ1) is 14.4. The Morgan fingerprint density at radius 3 is 2.30 bits per heavy atom. The van der Waals surface area contributed by atoms with Crippen molar-refractivity contribution >= 4 is 39.6 Å². The van der Waals surface area contributed by atoms with Gasteiger partial charge < -0.3 is 4.74 Å². The molecule has 2 amide bonds. The summed E-state index contributed by atoms with van der Waals surface area (Å²) in [6.45, 7) is 0. The quantitative estimate of drug-likeness (QED) is 0.230. The number of hydrogen-bond donors (Lipinski definition) is 3.